The van der Waals surface area contributed by atoms with Gasteiger partial charge in [0.2, 0.25) is 11.8 Å². The second kappa shape index (κ2) is 15.0. The number of aromatic hydroxyl groups is 1. The zero-order valence-corrected chi connectivity index (χ0v) is 34.6. The number of carbonyl (C=O) groups is 5. The van der Waals surface area contributed by atoms with E-state index in [1.165, 1.54) is 18.1 Å². The normalized spacial score (nSPS) is 24.1. The van der Waals surface area contributed by atoms with Crippen LogP contribution in [0.25, 0.3) is 10.8 Å². The minimum atomic E-state index is -1.66. The number of imide groups is 2. The quantitative estimate of drug-likeness (QED) is 0.0880. The highest BCUT2D eigenvalue weighted by atomic mass is 35.5. The number of hydrogen-bond acceptors (Lipinski definition) is 8. The number of phenolic OH excluding ortho intramolecular Hbond substituents is 1. The number of nitrogens with one attached hydrogen (secondary N) is 1. The first-order chi connectivity index (χ1) is 30.0. The van der Waals surface area contributed by atoms with Gasteiger partial charge in [-0.3, -0.25) is 34.3 Å². The molecule has 6 aromatic carbocycles. The van der Waals surface area contributed by atoms with Gasteiger partial charge in [0.25, 0.3) is 11.8 Å². The van der Waals surface area contributed by atoms with Crippen LogP contribution in [-0.2, 0) is 24.6 Å². The van der Waals surface area contributed by atoms with E-state index in [9.17, 15) is 19.5 Å². The van der Waals surface area contributed by atoms with Crippen LogP contribution in [0.4, 0.5) is 11.4 Å². The topological polar surface area (TPSA) is 133 Å². The van der Waals surface area contributed by atoms with Gasteiger partial charge in [0.15, 0.2) is 5.78 Å². The number of carbonyl (C=O) groups excluding carboxylic acids is 5. The molecule has 62 heavy (non-hydrogen) atoms. The Balaban J connectivity index is 1.12. The maximum Gasteiger partial charge on any atom is 0.260 e. The average molecular weight is 863 g/mol. The molecule has 0 aromatic heterocycles. The molecule has 0 bridgehead atoms. The van der Waals surface area contributed by atoms with Gasteiger partial charge in [-0.25, -0.2) is 0 Å². The lowest BCUT2D eigenvalue weighted by Gasteiger charge is -2.50. The summed E-state index contributed by atoms with van der Waals surface area (Å²) < 4.78 is 5.51. The Morgan fingerprint density at radius 2 is 1.48 bits per heavy atom. The Bertz CT molecular complexity index is 2900. The molecule has 6 aromatic rings. The summed E-state index contributed by atoms with van der Waals surface area (Å²) in [6, 6.07) is 38.0. The van der Waals surface area contributed by atoms with Crippen molar-refractivity contribution < 1.29 is 33.8 Å². The van der Waals surface area contributed by atoms with Gasteiger partial charge in [0.05, 0.1) is 46.7 Å². The molecule has 4 aliphatic rings. The van der Waals surface area contributed by atoms with E-state index < -0.39 is 52.7 Å². The van der Waals surface area contributed by atoms with Crippen LogP contribution >= 0.6 is 23.2 Å². The third kappa shape index (κ3) is 5.88. The van der Waals surface area contributed by atoms with E-state index in [1.54, 1.807) is 97.1 Å². The molecule has 2 heterocycles. The monoisotopic (exact) mass is 861 g/mol. The Morgan fingerprint density at radius 1 is 0.774 bits per heavy atom. The number of rotatable bonds is 8. The molecule has 2 aliphatic heterocycles. The van der Waals surface area contributed by atoms with Gasteiger partial charge in [-0.05, 0) is 84.3 Å². The highest BCUT2D eigenvalue weighted by molar-refractivity contribution is 6.36. The Hall–Kier alpha value is -6.75. The molecular formula is C50H37Cl2N3O7. The second-order valence-electron chi connectivity index (χ2n) is 16.2. The molecule has 308 valence electrons. The average Bonchev–Trinajstić information content (AvgIpc) is 3.68. The molecule has 4 amide bonds. The molecular weight excluding hydrogens is 825 g/mol. The highest BCUT2D eigenvalue weighted by Gasteiger charge is 2.70. The van der Waals surface area contributed by atoms with E-state index in [2.05, 4.69) is 5.43 Å². The summed E-state index contributed by atoms with van der Waals surface area (Å²) in [6.07, 6.45) is 2.16. The number of benzene rings is 6. The maximum atomic E-state index is 15.7. The van der Waals surface area contributed by atoms with Crippen molar-refractivity contribution in [3.8, 4) is 11.5 Å². The van der Waals surface area contributed by atoms with Crippen molar-refractivity contribution in [3.63, 3.8) is 0 Å². The van der Waals surface area contributed by atoms with E-state index in [1.807, 2.05) is 36.4 Å². The number of nitrogens with zero attached hydrogens (tertiary/aromatic N) is 2. The van der Waals surface area contributed by atoms with Crippen LogP contribution < -0.4 is 15.1 Å². The van der Waals surface area contributed by atoms with E-state index in [0.29, 0.717) is 49.7 Å². The molecule has 0 radical (unpaired) electrons. The number of anilines is 2. The number of amides is 4. The first-order valence-corrected chi connectivity index (χ1v) is 21.0. The van der Waals surface area contributed by atoms with Gasteiger partial charge < -0.3 is 9.84 Å². The van der Waals surface area contributed by atoms with E-state index >= 15 is 9.59 Å². The summed E-state index contributed by atoms with van der Waals surface area (Å²) in [7, 11) is 1.54. The van der Waals surface area contributed by atoms with Crippen LogP contribution in [0.3, 0.4) is 0 Å². The van der Waals surface area contributed by atoms with Crippen LogP contribution in [0.1, 0.15) is 45.8 Å². The zero-order chi connectivity index (χ0) is 43.0. The smallest absolute Gasteiger partial charge is 0.260 e. The molecule has 6 atom stereocenters. The van der Waals surface area contributed by atoms with Gasteiger partial charge >= 0.3 is 0 Å². The van der Waals surface area contributed by atoms with Gasteiger partial charge in [-0.1, -0.05) is 114 Å². The van der Waals surface area contributed by atoms with E-state index in [4.69, 9.17) is 27.9 Å². The Kier molecular flexibility index (Phi) is 9.53. The standard InChI is InChI=1S/C50H37Cl2N3O7/c1-62-33-19-14-30(15-20-33)50-39(47(59)55(49(50)61)53-41-24-16-31(51)25-40(41)52)26-38-35(43(50)37-21-13-27-7-5-6-10-34(27)45(37)57)22-23-36-42(38)48(60)54(46(36)58)32-17-11-29(12-18-32)44(56)28-8-3-2-4-9-28/h2-22,24-25,36,38-39,42-43,53,57H,23,26H2,1H3. The summed E-state index contributed by atoms with van der Waals surface area (Å²) >= 11 is 12.8. The van der Waals surface area contributed by atoms with Crippen LogP contribution in [0, 0.1) is 23.7 Å². The number of methoxy groups -OCH3 is 1. The van der Waals surface area contributed by atoms with Crippen molar-refractivity contribution in [2.24, 2.45) is 23.7 Å². The van der Waals surface area contributed by atoms with Crippen molar-refractivity contribution in [1.29, 1.82) is 0 Å². The van der Waals surface area contributed by atoms with E-state index in [-0.39, 0.29) is 41.0 Å². The van der Waals surface area contributed by atoms with Crippen molar-refractivity contribution in [1.82, 2.24) is 5.01 Å². The van der Waals surface area contributed by atoms with E-state index in [0.717, 1.165) is 10.4 Å². The third-order valence-electron chi connectivity index (χ3n) is 13.2. The predicted octanol–water partition coefficient (Wildman–Crippen LogP) is 9.28. The molecule has 0 spiro atoms. The summed E-state index contributed by atoms with van der Waals surface area (Å²) in [5.74, 6) is -6.06. The number of allylic oxidation sites excluding steroid dienone is 2. The highest BCUT2D eigenvalue weighted by Crippen LogP contribution is 2.65. The number of ketones is 1. The Labute approximate surface area is 366 Å². The lowest BCUT2D eigenvalue weighted by molar-refractivity contribution is -0.138. The Morgan fingerprint density at radius 3 is 2.21 bits per heavy atom. The molecule has 1 saturated carbocycles. The van der Waals surface area contributed by atoms with Crippen molar-refractivity contribution >= 4 is 74.8 Å². The SMILES string of the molecule is COc1ccc(C23C(=O)N(Nc4ccc(Cl)cc4Cl)C(=O)C2CC2C(=CCC4C(=O)N(c5ccc(C(=O)c6ccccc6)cc5)C(=O)C42)C3c2ccc3ccccc3c2O)cc1. The summed E-state index contributed by atoms with van der Waals surface area (Å²) in [6.45, 7) is 0. The molecule has 6 unspecified atom stereocenters. The zero-order valence-electron chi connectivity index (χ0n) is 33.1. The number of hydrazine groups is 1. The minimum Gasteiger partial charge on any atom is -0.507 e. The van der Waals surface area contributed by atoms with Crippen molar-refractivity contribution in [2.45, 2.75) is 24.2 Å². The van der Waals surface area contributed by atoms with Crippen LogP contribution in [0.2, 0.25) is 10.0 Å². The molecule has 10 rings (SSSR count). The van der Waals surface area contributed by atoms with Crippen molar-refractivity contribution in [3.05, 3.63) is 177 Å². The number of fused-ring (bicyclic) bond motifs is 5. The van der Waals surface area contributed by atoms with Gasteiger partial charge in [-0.15, -0.1) is 0 Å². The molecule has 10 nitrogen and oxygen atoms in total. The fraction of sp³-hybridized carbons (Fsp3) is 0.180. The van der Waals surface area contributed by atoms with Crippen LogP contribution in [0.5, 0.6) is 11.5 Å². The molecule has 12 heteroatoms. The largest absolute Gasteiger partial charge is 0.507 e. The number of phenols is 1. The first-order valence-electron chi connectivity index (χ1n) is 20.3. The van der Waals surface area contributed by atoms with Gasteiger partial charge in [0, 0.05) is 33.0 Å². The minimum absolute atomic E-state index is 0.0400. The van der Waals surface area contributed by atoms with Gasteiger partial charge in [-0.2, -0.15) is 5.01 Å². The fourth-order valence-electron chi connectivity index (χ4n) is 10.5. The molecule has 3 fully saturated rings. The van der Waals surface area contributed by atoms with Crippen molar-refractivity contribution in [2.75, 3.05) is 17.4 Å². The lowest BCUT2D eigenvalue weighted by atomic mass is 9.49. The lowest BCUT2D eigenvalue weighted by Crippen LogP contribution is -2.53. The number of halogens is 2. The summed E-state index contributed by atoms with van der Waals surface area (Å²) in [4.78, 5) is 74.6. The number of hydrogen-bond donors (Lipinski definition) is 2. The number of ether oxygens (including phenoxy) is 1. The maximum absolute atomic E-state index is 15.7. The predicted molar refractivity (Wildman–Crippen MR) is 235 cm³/mol. The fourth-order valence-corrected chi connectivity index (χ4v) is 10.9. The molecule has 2 aliphatic carbocycles. The van der Waals surface area contributed by atoms with Crippen LogP contribution in [-0.4, -0.2) is 46.6 Å². The van der Waals surface area contributed by atoms with Gasteiger partial charge in [0.1, 0.15) is 11.5 Å². The summed E-state index contributed by atoms with van der Waals surface area (Å²) in [5, 5.41) is 15.2. The third-order valence-corrected chi connectivity index (χ3v) is 13.8. The molecule has 2 N–H and O–H groups in total. The second-order valence-corrected chi connectivity index (χ2v) is 17.0. The first kappa shape index (κ1) is 39.4. The summed E-state index contributed by atoms with van der Waals surface area (Å²) in [5.41, 5.74) is 4.46. The molecule has 2 saturated heterocycles. The van der Waals surface area contributed by atoms with Crippen LogP contribution in [0.15, 0.2) is 145 Å².